The quantitative estimate of drug-likeness (QED) is 0.834. The lowest BCUT2D eigenvalue weighted by Crippen LogP contribution is -2.47. The van der Waals surface area contributed by atoms with Crippen molar-refractivity contribution in [3.8, 4) is 0 Å². The third kappa shape index (κ3) is 4.11. The second kappa shape index (κ2) is 7.68. The van der Waals surface area contributed by atoms with Gasteiger partial charge in [-0.15, -0.1) is 0 Å². The highest BCUT2D eigenvalue weighted by Crippen LogP contribution is 2.28. The number of carbonyl (C=O) groups excluding carboxylic acids is 1. The van der Waals surface area contributed by atoms with Gasteiger partial charge in [0.1, 0.15) is 11.6 Å². The Hall–Kier alpha value is -1.69. The van der Waals surface area contributed by atoms with Crippen LogP contribution in [0.5, 0.6) is 0 Å². The van der Waals surface area contributed by atoms with E-state index in [0.29, 0.717) is 18.9 Å². The average Bonchev–Trinajstić information content (AvgIpc) is 2.60. The number of piperazine rings is 1. The van der Waals surface area contributed by atoms with Gasteiger partial charge in [-0.2, -0.15) is 0 Å². The van der Waals surface area contributed by atoms with E-state index in [-0.39, 0.29) is 5.91 Å². The first-order valence-corrected chi connectivity index (χ1v) is 9.59. The van der Waals surface area contributed by atoms with E-state index in [0.717, 1.165) is 63.0 Å². The molecule has 0 N–H and O–H groups in total. The highest BCUT2D eigenvalue weighted by Gasteiger charge is 2.28. The van der Waals surface area contributed by atoms with E-state index in [1.807, 2.05) is 11.8 Å². The molecule has 0 atom stereocenters. The van der Waals surface area contributed by atoms with Crippen molar-refractivity contribution in [1.29, 1.82) is 0 Å². The summed E-state index contributed by atoms with van der Waals surface area (Å²) in [5, 5.41) is 0. The first-order chi connectivity index (χ1) is 12.0. The summed E-state index contributed by atoms with van der Waals surface area (Å²) in [6.45, 7) is 15.1. The van der Waals surface area contributed by atoms with Crippen LogP contribution in [0, 0.1) is 12.8 Å². The van der Waals surface area contributed by atoms with E-state index < -0.39 is 0 Å². The Kier molecular flexibility index (Phi) is 5.57. The summed E-state index contributed by atoms with van der Waals surface area (Å²) < 4.78 is 0. The van der Waals surface area contributed by atoms with Crippen LogP contribution in [0.3, 0.4) is 0 Å². The maximum Gasteiger partial charge on any atom is 0.223 e. The van der Waals surface area contributed by atoms with Gasteiger partial charge in [0.05, 0.1) is 12.2 Å². The number of hydrogen-bond donors (Lipinski definition) is 0. The molecule has 3 rings (SSSR count). The van der Waals surface area contributed by atoms with Crippen molar-refractivity contribution in [1.82, 2.24) is 19.8 Å². The lowest BCUT2D eigenvalue weighted by Gasteiger charge is -2.38. The van der Waals surface area contributed by atoms with Crippen molar-refractivity contribution < 1.29 is 4.79 Å². The third-order valence-corrected chi connectivity index (χ3v) is 5.20. The van der Waals surface area contributed by atoms with E-state index in [9.17, 15) is 4.79 Å². The number of fused-ring (bicyclic) bond motifs is 1. The van der Waals surface area contributed by atoms with Gasteiger partial charge in [-0.25, -0.2) is 9.97 Å². The zero-order chi connectivity index (χ0) is 18.0. The summed E-state index contributed by atoms with van der Waals surface area (Å²) in [4.78, 5) is 28.8. The number of aryl methyl sites for hydroxylation is 1. The fraction of sp³-hybridized carbons (Fsp3) is 0.737. The Morgan fingerprint density at radius 2 is 1.84 bits per heavy atom. The van der Waals surface area contributed by atoms with Gasteiger partial charge in [0.15, 0.2) is 0 Å². The molecular weight excluding hydrogens is 314 g/mol. The molecule has 1 fully saturated rings. The van der Waals surface area contributed by atoms with Gasteiger partial charge in [0.2, 0.25) is 5.91 Å². The summed E-state index contributed by atoms with van der Waals surface area (Å²) in [5.41, 5.74) is 2.30. The van der Waals surface area contributed by atoms with Crippen LogP contribution >= 0.6 is 0 Å². The van der Waals surface area contributed by atoms with Crippen LogP contribution in [0.15, 0.2) is 0 Å². The van der Waals surface area contributed by atoms with Crippen LogP contribution in [0.4, 0.5) is 5.82 Å². The summed E-state index contributed by atoms with van der Waals surface area (Å²) in [5.74, 6) is 2.54. The van der Waals surface area contributed by atoms with Crippen LogP contribution in [-0.4, -0.2) is 64.9 Å². The molecule has 0 unspecified atom stereocenters. The van der Waals surface area contributed by atoms with Crippen LogP contribution in [0.1, 0.15) is 44.3 Å². The molecule has 6 heteroatoms. The number of amides is 1. The van der Waals surface area contributed by atoms with Gasteiger partial charge in [0.25, 0.3) is 0 Å². The van der Waals surface area contributed by atoms with Crippen LogP contribution in [-0.2, 0) is 17.8 Å². The summed E-state index contributed by atoms with van der Waals surface area (Å²) in [6.07, 6.45) is 1.46. The van der Waals surface area contributed by atoms with Gasteiger partial charge >= 0.3 is 0 Å². The number of rotatable bonds is 4. The largest absolute Gasteiger partial charge is 0.354 e. The minimum atomic E-state index is 0.253. The number of hydrogen-bond acceptors (Lipinski definition) is 5. The van der Waals surface area contributed by atoms with Crippen molar-refractivity contribution in [2.24, 2.45) is 5.92 Å². The van der Waals surface area contributed by atoms with E-state index >= 15 is 0 Å². The first kappa shape index (κ1) is 18.1. The molecule has 6 nitrogen and oxygen atoms in total. The normalized spacial score (nSPS) is 18.6. The molecular formula is C19H31N5O. The molecule has 3 heterocycles. The molecule has 1 aromatic heterocycles. The van der Waals surface area contributed by atoms with Crippen molar-refractivity contribution in [3.05, 3.63) is 17.1 Å². The smallest absolute Gasteiger partial charge is 0.223 e. The van der Waals surface area contributed by atoms with E-state index in [1.165, 1.54) is 5.56 Å². The Balaban J connectivity index is 1.82. The molecule has 1 saturated heterocycles. The van der Waals surface area contributed by atoms with Crippen molar-refractivity contribution in [2.75, 3.05) is 44.2 Å². The zero-order valence-electron chi connectivity index (χ0n) is 16.1. The van der Waals surface area contributed by atoms with E-state index in [1.54, 1.807) is 0 Å². The first-order valence-electron chi connectivity index (χ1n) is 9.59. The fourth-order valence-electron chi connectivity index (χ4n) is 3.75. The molecule has 2 aliphatic heterocycles. The zero-order valence-corrected chi connectivity index (χ0v) is 16.1. The molecule has 1 amide bonds. The minimum absolute atomic E-state index is 0.253. The standard InChI is InChI=1S/C19H31N5O/c1-5-22-8-10-23(11-9-22)19-16-13-24(18(25)12-14(2)3)7-6-17(16)20-15(4)21-19/h14H,5-13H2,1-4H3. The predicted octanol–water partition coefficient (Wildman–Crippen LogP) is 1.86. The Morgan fingerprint density at radius 1 is 1.12 bits per heavy atom. The molecule has 1 aromatic rings. The van der Waals surface area contributed by atoms with Crippen molar-refractivity contribution >= 4 is 11.7 Å². The lowest BCUT2D eigenvalue weighted by atomic mass is 10.0. The molecule has 0 aliphatic carbocycles. The second-order valence-corrected chi connectivity index (χ2v) is 7.60. The Bertz CT molecular complexity index is 622. The van der Waals surface area contributed by atoms with Crippen molar-refractivity contribution in [2.45, 2.75) is 47.1 Å². The fourth-order valence-corrected chi connectivity index (χ4v) is 3.75. The number of likely N-dealkylation sites (N-methyl/N-ethyl adjacent to an activating group) is 1. The highest BCUT2D eigenvalue weighted by molar-refractivity contribution is 5.77. The molecule has 2 aliphatic rings. The molecule has 0 radical (unpaired) electrons. The van der Waals surface area contributed by atoms with Gasteiger partial charge in [-0.1, -0.05) is 20.8 Å². The second-order valence-electron chi connectivity index (χ2n) is 7.60. The van der Waals surface area contributed by atoms with Crippen LogP contribution < -0.4 is 4.90 Å². The monoisotopic (exact) mass is 345 g/mol. The molecule has 0 bridgehead atoms. The maximum absolute atomic E-state index is 12.5. The van der Waals surface area contributed by atoms with Gasteiger partial charge in [0, 0.05) is 51.1 Å². The average molecular weight is 345 g/mol. The van der Waals surface area contributed by atoms with E-state index in [4.69, 9.17) is 4.98 Å². The van der Waals surface area contributed by atoms with Crippen molar-refractivity contribution in [3.63, 3.8) is 0 Å². The predicted molar refractivity (Wildman–Crippen MR) is 99.7 cm³/mol. The maximum atomic E-state index is 12.5. The molecule has 0 saturated carbocycles. The molecule has 0 aromatic carbocycles. The van der Waals surface area contributed by atoms with Crippen LogP contribution in [0.25, 0.3) is 0 Å². The highest BCUT2D eigenvalue weighted by atomic mass is 16.2. The molecule has 0 spiro atoms. The lowest BCUT2D eigenvalue weighted by molar-refractivity contribution is -0.132. The number of nitrogens with zero attached hydrogens (tertiary/aromatic N) is 5. The molecule has 138 valence electrons. The SMILES string of the molecule is CCN1CCN(c2nc(C)nc3c2CN(C(=O)CC(C)C)CC3)CC1. The summed E-state index contributed by atoms with van der Waals surface area (Å²) >= 11 is 0. The van der Waals surface area contributed by atoms with Gasteiger partial charge in [-0.05, 0) is 19.4 Å². The topological polar surface area (TPSA) is 52.6 Å². The van der Waals surface area contributed by atoms with Crippen LogP contribution in [0.2, 0.25) is 0 Å². The van der Waals surface area contributed by atoms with Gasteiger partial charge < -0.3 is 14.7 Å². The Labute approximate surface area is 151 Å². The Morgan fingerprint density at radius 3 is 2.48 bits per heavy atom. The number of anilines is 1. The summed E-state index contributed by atoms with van der Waals surface area (Å²) in [7, 11) is 0. The summed E-state index contributed by atoms with van der Waals surface area (Å²) in [6, 6.07) is 0. The number of carbonyl (C=O) groups is 1. The van der Waals surface area contributed by atoms with E-state index in [2.05, 4.69) is 35.6 Å². The number of aromatic nitrogens is 2. The molecule has 25 heavy (non-hydrogen) atoms. The van der Waals surface area contributed by atoms with Gasteiger partial charge in [-0.3, -0.25) is 4.79 Å². The minimum Gasteiger partial charge on any atom is -0.354 e. The third-order valence-electron chi connectivity index (χ3n) is 5.20.